The summed E-state index contributed by atoms with van der Waals surface area (Å²) in [5.41, 5.74) is 0.419. The van der Waals surface area contributed by atoms with Gasteiger partial charge in [-0.1, -0.05) is 12.1 Å². The fourth-order valence-corrected chi connectivity index (χ4v) is 2.69. The van der Waals surface area contributed by atoms with Crippen LogP contribution < -0.4 is 0 Å². The van der Waals surface area contributed by atoms with Crippen molar-refractivity contribution < 1.29 is 23.7 Å². The fraction of sp³-hybridized carbons (Fsp3) is 0.308. The first kappa shape index (κ1) is 14.4. The average molecular weight is 295 g/mol. The number of amides is 2. The number of nitrogens with zero attached hydrogens (tertiary/aromatic N) is 1. The predicted molar refractivity (Wildman–Crippen MR) is 71.9 cm³/mol. The molecule has 0 aromatic heterocycles. The molecule has 1 aliphatic heterocycles. The Kier molecular flexibility index (Phi) is 3.99. The third kappa shape index (κ3) is 2.49. The van der Waals surface area contributed by atoms with E-state index in [0.717, 1.165) is 4.90 Å². The first-order valence-corrected chi connectivity index (χ1v) is 7.66. The van der Waals surface area contributed by atoms with Gasteiger partial charge < -0.3 is 5.11 Å². The zero-order valence-electron chi connectivity index (χ0n) is 10.7. The highest BCUT2D eigenvalue weighted by molar-refractivity contribution is 7.84. The third-order valence-corrected chi connectivity index (χ3v) is 3.91. The number of hydrogen-bond acceptors (Lipinski definition) is 4. The Morgan fingerprint density at radius 1 is 1.25 bits per heavy atom. The van der Waals surface area contributed by atoms with Gasteiger partial charge in [0.05, 0.1) is 11.1 Å². The topological polar surface area (TPSA) is 91.8 Å². The second kappa shape index (κ2) is 5.54. The summed E-state index contributed by atoms with van der Waals surface area (Å²) in [6, 6.07) is 4.93. The summed E-state index contributed by atoms with van der Waals surface area (Å²) in [5.74, 6) is -2.38. The maximum Gasteiger partial charge on any atom is 0.326 e. The number of fused-ring (bicyclic) bond motifs is 1. The Morgan fingerprint density at radius 2 is 1.75 bits per heavy atom. The molecule has 7 heteroatoms. The minimum absolute atomic E-state index is 0.0239. The molecular formula is C13H13NO5S. The summed E-state index contributed by atoms with van der Waals surface area (Å²) in [6.45, 7) is 0. The Balaban J connectivity index is 2.32. The molecule has 0 saturated heterocycles. The lowest BCUT2D eigenvalue weighted by Gasteiger charge is -2.22. The number of aliphatic carboxylic acids is 1. The number of hydrogen-bond donors (Lipinski definition) is 1. The highest BCUT2D eigenvalue weighted by Gasteiger charge is 2.42. The second-order valence-electron chi connectivity index (χ2n) is 4.45. The Morgan fingerprint density at radius 3 is 2.15 bits per heavy atom. The minimum atomic E-state index is -1.29. The van der Waals surface area contributed by atoms with Crippen LogP contribution in [0.5, 0.6) is 0 Å². The largest absolute Gasteiger partial charge is 0.480 e. The van der Waals surface area contributed by atoms with E-state index in [1.165, 1.54) is 18.4 Å². The number of rotatable bonds is 5. The van der Waals surface area contributed by atoms with Gasteiger partial charge in [-0.3, -0.25) is 18.7 Å². The number of carboxylic acid groups (broad SMARTS) is 1. The maximum atomic E-state index is 12.2. The van der Waals surface area contributed by atoms with Gasteiger partial charge in [-0.05, 0) is 18.6 Å². The Bertz CT molecular complexity index is 578. The first-order valence-electron chi connectivity index (χ1n) is 5.93. The lowest BCUT2D eigenvalue weighted by atomic mass is 10.1. The quantitative estimate of drug-likeness (QED) is 0.799. The molecule has 1 aromatic rings. The van der Waals surface area contributed by atoms with Gasteiger partial charge in [0, 0.05) is 22.8 Å². The van der Waals surface area contributed by atoms with E-state index in [-0.39, 0.29) is 23.3 Å². The van der Waals surface area contributed by atoms with Crippen molar-refractivity contribution in [3.05, 3.63) is 35.4 Å². The summed E-state index contributed by atoms with van der Waals surface area (Å²) in [5, 5.41) is 9.22. The average Bonchev–Trinajstić information content (AvgIpc) is 2.64. The predicted octanol–water partition coefficient (Wildman–Crippen LogP) is 0.504. The van der Waals surface area contributed by atoms with E-state index in [1.54, 1.807) is 12.1 Å². The van der Waals surface area contributed by atoms with E-state index in [4.69, 9.17) is 0 Å². The van der Waals surface area contributed by atoms with Gasteiger partial charge >= 0.3 is 5.97 Å². The molecule has 106 valence electrons. The number of carbonyl (C=O) groups excluding carboxylic acids is 2. The van der Waals surface area contributed by atoms with Crippen LogP contribution in [0, 0.1) is 0 Å². The highest BCUT2D eigenvalue weighted by atomic mass is 32.2. The van der Waals surface area contributed by atoms with Crippen molar-refractivity contribution in [3.8, 4) is 0 Å². The normalized spacial score (nSPS) is 16.9. The first-order chi connectivity index (χ1) is 9.43. The standard InChI is InChI=1S/C13H13NO5S/c1-20(19)7-6-10(13(17)18)14-11(15)8-4-2-3-5-9(8)12(14)16/h2-5,10H,6-7H2,1H3,(H,17,18)/t10-,20?/m1/s1. The molecule has 1 unspecified atom stereocenters. The van der Waals surface area contributed by atoms with Gasteiger partial charge in [0.25, 0.3) is 11.8 Å². The summed E-state index contributed by atoms with van der Waals surface area (Å²) in [4.78, 5) is 36.4. The number of benzene rings is 1. The van der Waals surface area contributed by atoms with Gasteiger partial charge in [0.1, 0.15) is 6.04 Å². The van der Waals surface area contributed by atoms with Crippen LogP contribution in [0.2, 0.25) is 0 Å². The maximum absolute atomic E-state index is 12.2. The van der Waals surface area contributed by atoms with Gasteiger partial charge in [0.2, 0.25) is 0 Å². The van der Waals surface area contributed by atoms with Crippen LogP contribution in [0.1, 0.15) is 27.1 Å². The van der Waals surface area contributed by atoms with E-state index in [9.17, 15) is 23.7 Å². The number of carbonyl (C=O) groups is 3. The van der Waals surface area contributed by atoms with Crippen molar-refractivity contribution in [2.45, 2.75) is 12.5 Å². The van der Waals surface area contributed by atoms with Gasteiger partial charge in [-0.15, -0.1) is 0 Å². The molecule has 0 spiro atoms. The molecule has 1 aromatic carbocycles. The zero-order valence-corrected chi connectivity index (χ0v) is 11.6. The summed E-state index contributed by atoms with van der Waals surface area (Å²) < 4.78 is 11.1. The van der Waals surface area contributed by atoms with E-state index in [0.29, 0.717) is 0 Å². The lowest BCUT2D eigenvalue weighted by molar-refractivity contribution is -0.141. The Labute approximate surface area is 117 Å². The van der Waals surface area contributed by atoms with E-state index in [2.05, 4.69) is 0 Å². The van der Waals surface area contributed by atoms with E-state index >= 15 is 0 Å². The molecule has 0 aliphatic carbocycles. The van der Waals surface area contributed by atoms with E-state index < -0.39 is 34.6 Å². The molecule has 0 fully saturated rings. The monoisotopic (exact) mass is 295 g/mol. The minimum Gasteiger partial charge on any atom is -0.480 e. The molecule has 1 aliphatic rings. The molecule has 0 bridgehead atoms. The van der Waals surface area contributed by atoms with Crippen molar-refractivity contribution >= 4 is 28.6 Å². The molecule has 20 heavy (non-hydrogen) atoms. The van der Waals surface area contributed by atoms with Crippen molar-refractivity contribution in [2.24, 2.45) is 0 Å². The van der Waals surface area contributed by atoms with Crippen LogP contribution in [0.4, 0.5) is 0 Å². The molecular weight excluding hydrogens is 282 g/mol. The SMILES string of the molecule is CS(=O)CC[C@H](C(=O)O)N1C(=O)c2ccccc2C1=O. The van der Waals surface area contributed by atoms with Gasteiger partial charge in [-0.2, -0.15) is 0 Å². The molecule has 2 amide bonds. The molecule has 1 heterocycles. The number of carboxylic acids is 1. The summed E-state index contributed by atoms with van der Waals surface area (Å²) >= 11 is 0. The second-order valence-corrected chi connectivity index (χ2v) is 6.00. The van der Waals surface area contributed by atoms with E-state index in [1.807, 2.05) is 0 Å². The van der Waals surface area contributed by atoms with Gasteiger partial charge in [0.15, 0.2) is 0 Å². The molecule has 1 N–H and O–H groups in total. The van der Waals surface area contributed by atoms with Crippen molar-refractivity contribution in [3.63, 3.8) is 0 Å². The van der Waals surface area contributed by atoms with Crippen LogP contribution in [-0.4, -0.2) is 50.0 Å². The molecule has 6 nitrogen and oxygen atoms in total. The van der Waals surface area contributed by atoms with Crippen LogP contribution in [0.3, 0.4) is 0 Å². The van der Waals surface area contributed by atoms with Crippen LogP contribution >= 0.6 is 0 Å². The van der Waals surface area contributed by atoms with Crippen LogP contribution in [-0.2, 0) is 15.6 Å². The van der Waals surface area contributed by atoms with Gasteiger partial charge in [-0.25, -0.2) is 4.79 Å². The summed E-state index contributed by atoms with van der Waals surface area (Å²) in [6.07, 6.45) is 1.42. The fourth-order valence-electron chi connectivity index (χ4n) is 2.13. The Hall–Kier alpha value is -2.02. The molecule has 2 rings (SSSR count). The molecule has 0 saturated carbocycles. The third-order valence-electron chi connectivity index (χ3n) is 3.10. The van der Waals surface area contributed by atoms with Crippen molar-refractivity contribution in [2.75, 3.05) is 12.0 Å². The zero-order chi connectivity index (χ0) is 14.9. The number of imide groups is 1. The summed E-state index contributed by atoms with van der Waals surface area (Å²) in [7, 11) is -1.19. The van der Waals surface area contributed by atoms with Crippen LogP contribution in [0.15, 0.2) is 24.3 Å². The van der Waals surface area contributed by atoms with Crippen molar-refractivity contribution in [1.82, 2.24) is 4.90 Å². The van der Waals surface area contributed by atoms with Crippen molar-refractivity contribution in [1.29, 1.82) is 0 Å². The molecule has 0 radical (unpaired) electrons. The smallest absolute Gasteiger partial charge is 0.326 e. The van der Waals surface area contributed by atoms with Crippen LogP contribution in [0.25, 0.3) is 0 Å². The lowest BCUT2D eigenvalue weighted by Crippen LogP contribution is -2.45. The highest BCUT2D eigenvalue weighted by Crippen LogP contribution is 2.25. The molecule has 2 atom stereocenters.